The van der Waals surface area contributed by atoms with Crippen LogP contribution >= 0.6 is 0 Å². The lowest BCUT2D eigenvalue weighted by Crippen LogP contribution is -2.40. The van der Waals surface area contributed by atoms with Crippen LogP contribution in [0.3, 0.4) is 0 Å². The Bertz CT molecular complexity index is 184. The second-order valence-corrected chi connectivity index (χ2v) is 3.45. The number of hydrogen-bond acceptors (Lipinski definition) is 3. The van der Waals surface area contributed by atoms with Crippen LogP contribution in [0.4, 0.5) is 8.78 Å². The molecule has 0 bridgehead atoms. The Morgan fingerprint density at radius 3 is 2.08 bits per heavy atom. The Morgan fingerprint density at radius 2 is 1.77 bits per heavy atom. The van der Waals surface area contributed by atoms with Crippen LogP contribution in [0.25, 0.3) is 0 Å². The summed E-state index contributed by atoms with van der Waals surface area (Å²) in [6, 6.07) is 0. The first kappa shape index (κ1) is 12.3. The van der Waals surface area contributed by atoms with E-state index in [1.165, 1.54) is 27.7 Å². The Balaban J connectivity index is 4.30. The first-order valence-corrected chi connectivity index (χ1v) is 3.94. The molecule has 0 radical (unpaired) electrons. The lowest BCUT2D eigenvalue weighted by molar-refractivity contribution is -0.281. The molecule has 0 fully saturated rings. The highest BCUT2D eigenvalue weighted by Gasteiger charge is 2.45. The summed E-state index contributed by atoms with van der Waals surface area (Å²) in [4.78, 5) is 10.6. The van der Waals surface area contributed by atoms with Gasteiger partial charge in [0.25, 0.3) is 0 Å². The molecule has 0 saturated heterocycles. The maximum absolute atomic E-state index is 12.8. The lowest BCUT2D eigenvalue weighted by atomic mass is 10.2. The van der Waals surface area contributed by atoms with Crippen LogP contribution < -0.4 is 0 Å². The average Bonchev–Trinajstić information content (AvgIpc) is 1.82. The van der Waals surface area contributed by atoms with Gasteiger partial charge in [0.05, 0.1) is 12.2 Å². The van der Waals surface area contributed by atoms with Crippen LogP contribution in [0.15, 0.2) is 0 Å². The summed E-state index contributed by atoms with van der Waals surface area (Å²) in [6.07, 6.45) is -3.87. The third-order valence-corrected chi connectivity index (χ3v) is 0.947. The van der Waals surface area contributed by atoms with Crippen molar-refractivity contribution in [3.63, 3.8) is 0 Å². The minimum Gasteiger partial charge on any atom is -0.460 e. The highest BCUT2D eigenvalue weighted by molar-refractivity contribution is 5.75. The minimum atomic E-state index is -3.87. The molecule has 0 amide bonds. The summed E-state index contributed by atoms with van der Waals surface area (Å²) in [5, 5.41) is 0. The molecule has 0 saturated carbocycles. The van der Waals surface area contributed by atoms with E-state index in [1.807, 2.05) is 0 Å². The molecule has 0 atom stereocenters. The fourth-order valence-electron chi connectivity index (χ4n) is 0.641. The van der Waals surface area contributed by atoms with E-state index in [1.54, 1.807) is 0 Å². The Hall–Kier alpha value is -0.710. The summed E-state index contributed by atoms with van der Waals surface area (Å²) < 4.78 is 34.0. The molecule has 0 aromatic carbocycles. The number of ether oxygens (including phenoxy) is 2. The van der Waals surface area contributed by atoms with Gasteiger partial charge in [-0.2, -0.15) is 8.78 Å². The quantitative estimate of drug-likeness (QED) is 0.647. The normalized spacial score (nSPS) is 12.8. The molecule has 0 heterocycles. The van der Waals surface area contributed by atoms with Gasteiger partial charge in [0.2, 0.25) is 0 Å². The number of hydrogen-bond donors (Lipinski definition) is 0. The van der Waals surface area contributed by atoms with Crippen molar-refractivity contribution in [2.45, 2.75) is 39.4 Å². The number of carbonyl (C=O) groups is 1. The van der Waals surface area contributed by atoms with Crippen LogP contribution in [0.1, 0.15) is 27.7 Å². The highest BCUT2D eigenvalue weighted by Crippen LogP contribution is 2.24. The van der Waals surface area contributed by atoms with Gasteiger partial charge in [-0.1, -0.05) is 0 Å². The molecular weight excluding hydrogens is 182 g/mol. The summed E-state index contributed by atoms with van der Waals surface area (Å²) in [7, 11) is 0. The molecule has 0 aromatic heterocycles. The molecule has 78 valence electrons. The van der Waals surface area contributed by atoms with Gasteiger partial charge in [0.1, 0.15) is 0 Å². The van der Waals surface area contributed by atoms with Gasteiger partial charge in [-0.3, -0.25) is 0 Å². The van der Waals surface area contributed by atoms with E-state index < -0.39 is 17.7 Å². The molecule has 0 aliphatic heterocycles. The van der Waals surface area contributed by atoms with Crippen molar-refractivity contribution in [1.82, 2.24) is 0 Å². The predicted molar refractivity (Wildman–Crippen MR) is 42.4 cm³/mol. The molecule has 0 rings (SSSR count). The molecule has 0 N–H and O–H groups in total. The maximum Gasteiger partial charge on any atom is 0.456 e. The summed E-state index contributed by atoms with van der Waals surface area (Å²) in [6.45, 7) is 5.65. The van der Waals surface area contributed by atoms with Gasteiger partial charge in [-0.15, -0.1) is 0 Å². The number of carbonyl (C=O) groups excluding carboxylic acids is 1. The minimum absolute atomic E-state index is 0.0953. The van der Waals surface area contributed by atoms with Gasteiger partial charge in [0.15, 0.2) is 0 Å². The summed E-state index contributed by atoms with van der Waals surface area (Å²) in [5.41, 5.74) is -1.09. The van der Waals surface area contributed by atoms with Gasteiger partial charge in [0, 0.05) is 0 Å². The monoisotopic (exact) mass is 196 g/mol. The van der Waals surface area contributed by atoms with Crippen molar-refractivity contribution in [3.8, 4) is 0 Å². The second kappa shape index (κ2) is 4.00. The molecule has 13 heavy (non-hydrogen) atoms. The maximum atomic E-state index is 12.8. The van der Waals surface area contributed by atoms with Crippen LogP contribution in [-0.2, 0) is 14.3 Å². The molecule has 5 heteroatoms. The molecular formula is C8H14F2O3. The number of esters is 1. The fraction of sp³-hybridized carbons (Fsp3) is 0.875. The van der Waals surface area contributed by atoms with Crippen LogP contribution in [0, 0.1) is 0 Å². The lowest BCUT2D eigenvalue weighted by Gasteiger charge is -2.24. The largest absolute Gasteiger partial charge is 0.460 e. The molecule has 0 aliphatic rings. The number of halogens is 2. The zero-order chi connectivity index (χ0) is 10.7. The van der Waals surface area contributed by atoms with Crippen LogP contribution in [0.5, 0.6) is 0 Å². The third kappa shape index (κ3) is 4.77. The van der Waals surface area contributed by atoms with Crippen molar-refractivity contribution in [3.05, 3.63) is 0 Å². The molecule has 0 aromatic rings. The average molecular weight is 196 g/mol. The number of alkyl halides is 2. The first-order chi connectivity index (χ1) is 5.69. The van der Waals surface area contributed by atoms with E-state index >= 15 is 0 Å². The molecule has 0 aliphatic carbocycles. The Kier molecular flexibility index (Phi) is 3.78. The van der Waals surface area contributed by atoms with Crippen molar-refractivity contribution in [1.29, 1.82) is 0 Å². The summed E-state index contributed by atoms with van der Waals surface area (Å²) >= 11 is 0. The smallest absolute Gasteiger partial charge is 0.456 e. The van der Waals surface area contributed by atoms with Gasteiger partial charge >= 0.3 is 12.1 Å². The SMILES string of the molecule is CCOC(=O)C(F)(F)OC(C)(C)C. The van der Waals surface area contributed by atoms with Crippen LogP contribution in [-0.4, -0.2) is 24.3 Å². The van der Waals surface area contributed by atoms with E-state index in [-0.39, 0.29) is 6.61 Å². The van der Waals surface area contributed by atoms with Crippen molar-refractivity contribution < 1.29 is 23.0 Å². The fourth-order valence-corrected chi connectivity index (χ4v) is 0.641. The second-order valence-electron chi connectivity index (χ2n) is 3.45. The number of rotatable bonds is 3. The van der Waals surface area contributed by atoms with Gasteiger partial charge in [-0.25, -0.2) is 4.79 Å². The van der Waals surface area contributed by atoms with Gasteiger partial charge in [-0.05, 0) is 27.7 Å². The van der Waals surface area contributed by atoms with E-state index in [0.29, 0.717) is 0 Å². The van der Waals surface area contributed by atoms with Gasteiger partial charge < -0.3 is 9.47 Å². The van der Waals surface area contributed by atoms with E-state index in [9.17, 15) is 13.6 Å². The molecule has 3 nitrogen and oxygen atoms in total. The first-order valence-electron chi connectivity index (χ1n) is 3.94. The van der Waals surface area contributed by atoms with E-state index in [4.69, 9.17) is 0 Å². The zero-order valence-electron chi connectivity index (χ0n) is 8.19. The van der Waals surface area contributed by atoms with E-state index in [0.717, 1.165) is 0 Å². The van der Waals surface area contributed by atoms with E-state index in [2.05, 4.69) is 9.47 Å². The zero-order valence-corrected chi connectivity index (χ0v) is 8.19. The topological polar surface area (TPSA) is 35.5 Å². The van der Waals surface area contributed by atoms with Crippen molar-refractivity contribution >= 4 is 5.97 Å². The molecule has 0 spiro atoms. The predicted octanol–water partition coefficient (Wildman–Crippen LogP) is 1.96. The van der Waals surface area contributed by atoms with Crippen LogP contribution in [0.2, 0.25) is 0 Å². The van der Waals surface area contributed by atoms with Crippen molar-refractivity contribution in [2.75, 3.05) is 6.61 Å². The molecule has 0 unspecified atom stereocenters. The Morgan fingerprint density at radius 1 is 1.31 bits per heavy atom. The van der Waals surface area contributed by atoms with Crippen molar-refractivity contribution in [2.24, 2.45) is 0 Å². The summed E-state index contributed by atoms with van der Waals surface area (Å²) in [5.74, 6) is -1.65. The Labute approximate surface area is 76.0 Å². The third-order valence-electron chi connectivity index (χ3n) is 0.947. The standard InChI is InChI=1S/C8H14F2O3/c1-5-12-6(11)8(9,10)13-7(2,3)4/h5H2,1-4H3. The highest BCUT2D eigenvalue weighted by atomic mass is 19.3.